The molecular weight excluding hydrogens is 448 g/mol. The van der Waals surface area contributed by atoms with E-state index in [2.05, 4.69) is 13.8 Å². The summed E-state index contributed by atoms with van der Waals surface area (Å²) < 4.78 is 0. The van der Waals surface area contributed by atoms with Gasteiger partial charge in [0.1, 0.15) is 0 Å². The number of rotatable bonds is 16. The molecule has 0 saturated carbocycles. The van der Waals surface area contributed by atoms with Crippen molar-refractivity contribution in [3.63, 3.8) is 0 Å². The van der Waals surface area contributed by atoms with Crippen LogP contribution in [0.25, 0.3) is 0 Å². The molecular formula is C30H46FeO2. The number of para-hydroxylation sites is 2. The Morgan fingerprint density at radius 3 is 1.09 bits per heavy atom. The van der Waals surface area contributed by atoms with E-state index in [1.165, 1.54) is 77.0 Å². The second kappa shape index (κ2) is 22.4. The Morgan fingerprint density at radius 2 is 0.758 bits per heavy atom. The van der Waals surface area contributed by atoms with E-state index >= 15 is 0 Å². The van der Waals surface area contributed by atoms with E-state index in [9.17, 15) is 10.2 Å². The third-order valence-corrected chi connectivity index (χ3v) is 6.04. The number of hydrogen-bond donors (Lipinski definition) is 0. The number of benzene rings is 2. The summed E-state index contributed by atoms with van der Waals surface area (Å²) in [5.41, 5.74) is 1.96. The van der Waals surface area contributed by atoms with Gasteiger partial charge in [-0.05, 0) is 25.7 Å². The van der Waals surface area contributed by atoms with Crippen molar-refractivity contribution >= 4 is 0 Å². The van der Waals surface area contributed by atoms with Crippen LogP contribution in [0.1, 0.15) is 115 Å². The van der Waals surface area contributed by atoms with Crippen LogP contribution in [0.4, 0.5) is 0 Å². The van der Waals surface area contributed by atoms with Gasteiger partial charge in [0.05, 0.1) is 0 Å². The first-order valence-corrected chi connectivity index (χ1v) is 13.2. The van der Waals surface area contributed by atoms with Gasteiger partial charge < -0.3 is 10.2 Å². The van der Waals surface area contributed by atoms with Crippen molar-refractivity contribution in [1.82, 2.24) is 0 Å². The number of hydrogen-bond acceptors (Lipinski definition) is 2. The minimum Gasteiger partial charge on any atom is -0.872 e. The van der Waals surface area contributed by atoms with Crippen molar-refractivity contribution < 1.29 is 27.3 Å². The zero-order valence-electron chi connectivity index (χ0n) is 21.1. The molecule has 0 radical (unpaired) electrons. The molecule has 0 bridgehead atoms. The van der Waals surface area contributed by atoms with Crippen LogP contribution in [0.2, 0.25) is 0 Å². The molecule has 2 rings (SSSR count). The maximum Gasteiger partial charge on any atom is 2.00 e. The summed E-state index contributed by atoms with van der Waals surface area (Å²) in [5.74, 6) is 0.405. The standard InChI is InChI=1S/2C15H24O.Fe/c2*1-2-3-4-5-6-7-8-11-14-12-9-10-13-15(14)16;/h2*9-10,12-13,16H,2-8,11H2,1H3;/q;;+2/p-2. The van der Waals surface area contributed by atoms with Gasteiger partial charge in [-0.2, -0.15) is 0 Å². The van der Waals surface area contributed by atoms with Crippen molar-refractivity contribution in [2.24, 2.45) is 0 Å². The normalized spacial score (nSPS) is 10.2. The molecule has 0 aliphatic carbocycles. The second-order valence-corrected chi connectivity index (χ2v) is 8.96. The Morgan fingerprint density at radius 1 is 0.455 bits per heavy atom. The summed E-state index contributed by atoms with van der Waals surface area (Å²) in [5, 5.41) is 22.8. The van der Waals surface area contributed by atoms with Crippen molar-refractivity contribution in [1.29, 1.82) is 0 Å². The second-order valence-electron chi connectivity index (χ2n) is 8.96. The summed E-state index contributed by atoms with van der Waals surface area (Å²) >= 11 is 0. The molecule has 0 saturated heterocycles. The van der Waals surface area contributed by atoms with Crippen molar-refractivity contribution in [2.75, 3.05) is 0 Å². The van der Waals surface area contributed by atoms with Gasteiger partial charge in [0.15, 0.2) is 0 Å². The maximum absolute atomic E-state index is 11.4. The summed E-state index contributed by atoms with van der Waals surface area (Å²) in [6.07, 6.45) is 20.2. The fourth-order valence-electron chi connectivity index (χ4n) is 3.97. The molecule has 0 unspecified atom stereocenters. The molecule has 2 aromatic rings. The minimum atomic E-state index is 0. The first-order chi connectivity index (χ1) is 15.7. The smallest absolute Gasteiger partial charge is 0.872 e. The Kier molecular flexibility index (Phi) is 21.4. The van der Waals surface area contributed by atoms with Gasteiger partial charge in [-0.3, -0.25) is 0 Å². The van der Waals surface area contributed by atoms with E-state index in [-0.39, 0.29) is 28.6 Å². The van der Waals surface area contributed by atoms with Crippen LogP contribution < -0.4 is 10.2 Å². The fraction of sp³-hybridized carbons (Fsp3) is 0.600. The molecule has 0 fully saturated rings. The van der Waals surface area contributed by atoms with E-state index in [0.717, 1.165) is 36.8 Å². The Labute approximate surface area is 214 Å². The zero-order valence-corrected chi connectivity index (χ0v) is 22.2. The molecule has 186 valence electrons. The van der Waals surface area contributed by atoms with Crippen LogP contribution in [0.5, 0.6) is 11.5 Å². The minimum absolute atomic E-state index is 0. The van der Waals surface area contributed by atoms with Crippen molar-refractivity contribution in [3.8, 4) is 11.5 Å². The maximum atomic E-state index is 11.4. The van der Waals surface area contributed by atoms with Crippen LogP contribution >= 0.6 is 0 Å². The molecule has 0 aliphatic rings. The average molecular weight is 495 g/mol. The fourth-order valence-corrected chi connectivity index (χ4v) is 3.97. The Bertz CT molecular complexity index is 627. The van der Waals surface area contributed by atoms with Gasteiger partial charge in [-0.1, -0.05) is 151 Å². The van der Waals surface area contributed by atoms with Crippen LogP contribution in [0.3, 0.4) is 0 Å². The van der Waals surface area contributed by atoms with E-state index in [1.54, 1.807) is 12.1 Å². The quantitative estimate of drug-likeness (QED) is 0.175. The number of unbranched alkanes of at least 4 members (excludes halogenated alkanes) is 12. The first kappa shape index (κ1) is 31.6. The third kappa shape index (κ3) is 16.8. The van der Waals surface area contributed by atoms with Gasteiger partial charge in [0, 0.05) is 0 Å². The number of aryl methyl sites for hydroxylation is 2. The summed E-state index contributed by atoms with van der Waals surface area (Å²) in [4.78, 5) is 0. The van der Waals surface area contributed by atoms with Gasteiger partial charge in [-0.25, -0.2) is 0 Å². The van der Waals surface area contributed by atoms with Gasteiger partial charge in [0.2, 0.25) is 0 Å². The SMILES string of the molecule is CCCCCCCCCc1ccccc1[O-].CCCCCCCCCc1ccccc1[O-].[Fe+2]. The van der Waals surface area contributed by atoms with E-state index < -0.39 is 0 Å². The topological polar surface area (TPSA) is 46.1 Å². The predicted molar refractivity (Wildman–Crippen MR) is 135 cm³/mol. The average Bonchev–Trinajstić information content (AvgIpc) is 2.80. The predicted octanol–water partition coefficient (Wildman–Crippen LogP) is 8.10. The summed E-state index contributed by atoms with van der Waals surface area (Å²) in [6, 6.07) is 14.8. The van der Waals surface area contributed by atoms with Crippen LogP contribution in [0, 0.1) is 0 Å². The van der Waals surface area contributed by atoms with E-state index in [0.29, 0.717) is 0 Å². The largest absolute Gasteiger partial charge is 2.00 e. The molecule has 0 heterocycles. The molecule has 0 spiro atoms. The monoisotopic (exact) mass is 494 g/mol. The van der Waals surface area contributed by atoms with Gasteiger partial charge in [0.25, 0.3) is 0 Å². The van der Waals surface area contributed by atoms with Crippen LogP contribution in [-0.4, -0.2) is 0 Å². The summed E-state index contributed by atoms with van der Waals surface area (Å²) in [7, 11) is 0. The third-order valence-electron chi connectivity index (χ3n) is 6.04. The molecule has 3 heteroatoms. The van der Waals surface area contributed by atoms with E-state index in [1.807, 2.05) is 36.4 Å². The Balaban J connectivity index is 0.000000602. The van der Waals surface area contributed by atoms with Gasteiger partial charge >= 0.3 is 17.1 Å². The van der Waals surface area contributed by atoms with Gasteiger partial charge in [-0.15, -0.1) is 11.5 Å². The summed E-state index contributed by atoms with van der Waals surface area (Å²) in [6.45, 7) is 4.48. The van der Waals surface area contributed by atoms with Crippen molar-refractivity contribution in [2.45, 2.75) is 117 Å². The molecule has 2 nitrogen and oxygen atoms in total. The van der Waals surface area contributed by atoms with Crippen LogP contribution in [-0.2, 0) is 29.9 Å². The van der Waals surface area contributed by atoms with E-state index in [4.69, 9.17) is 0 Å². The molecule has 33 heavy (non-hydrogen) atoms. The molecule has 0 amide bonds. The first-order valence-electron chi connectivity index (χ1n) is 13.2. The zero-order chi connectivity index (χ0) is 23.3. The molecule has 2 aromatic carbocycles. The Hall–Kier alpha value is -1.44. The molecule has 0 N–H and O–H groups in total. The van der Waals surface area contributed by atoms with Crippen molar-refractivity contribution in [3.05, 3.63) is 59.7 Å². The molecule has 0 aliphatic heterocycles. The molecule has 0 aromatic heterocycles. The van der Waals surface area contributed by atoms with Crippen LogP contribution in [0.15, 0.2) is 48.5 Å². The molecule has 0 atom stereocenters.